The molecule has 0 unspecified atom stereocenters. The number of rotatable bonds is 8. The first-order valence-corrected chi connectivity index (χ1v) is 7.80. The van der Waals surface area contributed by atoms with Crippen LogP contribution in [0.25, 0.3) is 0 Å². The Morgan fingerprint density at radius 2 is 1.88 bits per heavy atom. The molecule has 0 saturated heterocycles. The maximum absolute atomic E-state index is 14.2. The zero-order valence-corrected chi connectivity index (χ0v) is 15.1. The van der Waals surface area contributed by atoms with E-state index in [2.05, 4.69) is 15.3 Å². The first-order chi connectivity index (χ1) is 12.5. The van der Waals surface area contributed by atoms with Crippen molar-refractivity contribution in [1.29, 1.82) is 0 Å². The van der Waals surface area contributed by atoms with E-state index in [0.29, 0.717) is 6.54 Å². The summed E-state index contributed by atoms with van der Waals surface area (Å²) in [5.41, 5.74) is 0.880. The van der Waals surface area contributed by atoms with E-state index in [-0.39, 0.29) is 17.3 Å². The van der Waals surface area contributed by atoms with Crippen LogP contribution in [0.4, 0.5) is 10.2 Å². The van der Waals surface area contributed by atoms with Crippen molar-refractivity contribution in [3.63, 3.8) is 0 Å². The lowest BCUT2D eigenvalue weighted by atomic mass is 10.1. The summed E-state index contributed by atoms with van der Waals surface area (Å²) in [6, 6.07) is 7.39. The molecule has 0 amide bonds. The molecule has 26 heavy (non-hydrogen) atoms. The molecule has 2 aromatic rings. The van der Waals surface area contributed by atoms with Gasteiger partial charge in [-0.25, -0.2) is 14.4 Å². The number of benzene rings is 1. The molecule has 138 valence electrons. The predicted molar refractivity (Wildman–Crippen MR) is 96.1 cm³/mol. The fourth-order valence-corrected chi connectivity index (χ4v) is 2.20. The van der Waals surface area contributed by atoms with Crippen LogP contribution in [0.5, 0.6) is 11.6 Å². The Morgan fingerprint density at radius 1 is 1.19 bits per heavy atom. The molecule has 1 heterocycles. The van der Waals surface area contributed by atoms with Gasteiger partial charge in [-0.3, -0.25) is 4.79 Å². The highest BCUT2D eigenvalue weighted by atomic mass is 19.1. The van der Waals surface area contributed by atoms with E-state index in [1.807, 2.05) is 24.3 Å². The highest BCUT2D eigenvalue weighted by Crippen LogP contribution is 2.26. The third-order valence-electron chi connectivity index (χ3n) is 3.44. The van der Waals surface area contributed by atoms with Gasteiger partial charge >= 0.3 is 0 Å². The fraction of sp³-hybridized carbons (Fsp3) is 0.278. The van der Waals surface area contributed by atoms with Crippen molar-refractivity contribution in [2.24, 2.45) is 0 Å². The van der Waals surface area contributed by atoms with E-state index in [1.165, 1.54) is 18.3 Å². The van der Waals surface area contributed by atoms with Crippen LogP contribution in [-0.2, 0) is 6.54 Å². The number of aromatic nitrogens is 2. The summed E-state index contributed by atoms with van der Waals surface area (Å²) in [4.78, 5) is 21.9. The summed E-state index contributed by atoms with van der Waals surface area (Å²) >= 11 is 0. The Bertz CT molecular complexity index is 792. The second kappa shape index (κ2) is 8.80. The van der Waals surface area contributed by atoms with Crippen LogP contribution in [0.15, 0.2) is 42.6 Å². The van der Waals surface area contributed by atoms with Crippen molar-refractivity contribution >= 4 is 11.6 Å². The zero-order chi connectivity index (χ0) is 19.1. The van der Waals surface area contributed by atoms with E-state index in [9.17, 15) is 9.18 Å². The first kappa shape index (κ1) is 19.2. The Kier molecular flexibility index (Phi) is 6.48. The number of halogens is 1. The summed E-state index contributed by atoms with van der Waals surface area (Å²) in [5, 5.41) is 3.03. The average molecular weight is 360 g/mol. The molecule has 1 aromatic carbocycles. The number of carbonyl (C=O) groups excluding carboxylic acids is 1. The lowest BCUT2D eigenvalue weighted by molar-refractivity contribution is 0.0998. The highest BCUT2D eigenvalue weighted by Gasteiger charge is 2.23. The summed E-state index contributed by atoms with van der Waals surface area (Å²) < 4.78 is 24.4. The second-order valence-electron chi connectivity index (χ2n) is 5.58. The number of hydrogen-bond acceptors (Lipinski definition) is 7. The van der Waals surface area contributed by atoms with Gasteiger partial charge in [0.05, 0.1) is 14.2 Å². The minimum absolute atomic E-state index is 0.00420. The third-order valence-corrected chi connectivity index (χ3v) is 3.44. The van der Waals surface area contributed by atoms with Crippen molar-refractivity contribution in [1.82, 2.24) is 14.9 Å². The van der Waals surface area contributed by atoms with Crippen molar-refractivity contribution < 1.29 is 18.7 Å². The van der Waals surface area contributed by atoms with E-state index in [4.69, 9.17) is 9.47 Å². The number of anilines is 1. The van der Waals surface area contributed by atoms with Crippen LogP contribution in [0.2, 0.25) is 0 Å². The smallest absolute Gasteiger partial charge is 0.232 e. The molecule has 0 aliphatic carbocycles. The van der Waals surface area contributed by atoms with Crippen molar-refractivity contribution in [3.05, 3.63) is 53.7 Å². The maximum atomic E-state index is 14.2. The van der Waals surface area contributed by atoms with Crippen molar-refractivity contribution in [2.45, 2.75) is 6.54 Å². The monoisotopic (exact) mass is 360 g/mol. The molecule has 0 spiro atoms. The topological polar surface area (TPSA) is 76.6 Å². The molecule has 0 radical (unpaired) electrons. The summed E-state index contributed by atoms with van der Waals surface area (Å²) in [5.74, 6) is -0.849. The Morgan fingerprint density at radius 3 is 2.46 bits per heavy atom. The molecule has 1 aromatic heterocycles. The minimum atomic E-state index is -0.935. The molecule has 0 bridgehead atoms. The van der Waals surface area contributed by atoms with Gasteiger partial charge in [0.25, 0.3) is 0 Å². The lowest BCUT2D eigenvalue weighted by Gasteiger charge is -2.13. The predicted octanol–water partition coefficient (Wildman–Crippen LogP) is 2.66. The van der Waals surface area contributed by atoms with Gasteiger partial charge in [-0.15, -0.1) is 0 Å². The Hall–Kier alpha value is -3.16. The number of allylic oxidation sites excluding steroid dienone is 1. The minimum Gasteiger partial charge on any atom is -0.497 e. The number of ether oxygens (including phenoxy) is 2. The molecule has 7 nitrogen and oxygen atoms in total. The molecule has 0 saturated carbocycles. The quantitative estimate of drug-likeness (QED) is 0.573. The van der Waals surface area contributed by atoms with Gasteiger partial charge in [-0.05, 0) is 17.7 Å². The second-order valence-corrected chi connectivity index (χ2v) is 5.58. The highest BCUT2D eigenvalue weighted by molar-refractivity contribution is 6.11. The standard InChI is InChI=1S/C18H21FN4O3/c1-23(2)10-14(19)16(24)15-17(21-11-22-18(15)26-4)20-9-12-5-7-13(25-3)8-6-12/h5-8,10-11H,9H2,1-4H3,(H,20,21,22). The van der Waals surface area contributed by atoms with Crippen molar-refractivity contribution in [2.75, 3.05) is 33.6 Å². The number of ketones is 1. The number of nitrogens with zero attached hydrogens (tertiary/aromatic N) is 3. The first-order valence-electron chi connectivity index (χ1n) is 7.80. The number of hydrogen-bond donors (Lipinski definition) is 1. The fourth-order valence-electron chi connectivity index (χ4n) is 2.20. The van der Waals surface area contributed by atoms with E-state index >= 15 is 0 Å². The number of carbonyl (C=O) groups is 1. The number of methoxy groups -OCH3 is 2. The zero-order valence-electron chi connectivity index (χ0n) is 15.1. The summed E-state index contributed by atoms with van der Waals surface area (Å²) in [6.07, 6.45) is 2.33. The largest absolute Gasteiger partial charge is 0.497 e. The van der Waals surface area contributed by atoms with Gasteiger partial charge in [-0.2, -0.15) is 0 Å². The Balaban J connectivity index is 2.28. The number of Topliss-reactive ketones (excluding diaryl/α,β-unsaturated/α-hetero) is 1. The van der Waals surface area contributed by atoms with Crippen LogP contribution in [0, 0.1) is 0 Å². The van der Waals surface area contributed by atoms with E-state index < -0.39 is 11.6 Å². The van der Waals surface area contributed by atoms with Crippen LogP contribution in [0.1, 0.15) is 15.9 Å². The van der Waals surface area contributed by atoms with Gasteiger partial charge in [0.2, 0.25) is 11.7 Å². The molecule has 2 rings (SSSR count). The van der Waals surface area contributed by atoms with Crippen LogP contribution in [0.3, 0.4) is 0 Å². The van der Waals surface area contributed by atoms with Crippen LogP contribution < -0.4 is 14.8 Å². The van der Waals surface area contributed by atoms with Gasteiger partial charge in [0.15, 0.2) is 5.83 Å². The molecule has 0 atom stereocenters. The molecule has 8 heteroatoms. The summed E-state index contributed by atoms with van der Waals surface area (Å²) in [6.45, 7) is 0.378. The third kappa shape index (κ3) is 4.69. The van der Waals surface area contributed by atoms with Gasteiger partial charge in [0, 0.05) is 26.8 Å². The lowest BCUT2D eigenvalue weighted by Crippen LogP contribution is -2.13. The van der Waals surface area contributed by atoms with Gasteiger partial charge in [-0.1, -0.05) is 12.1 Å². The summed E-state index contributed by atoms with van der Waals surface area (Å²) in [7, 11) is 6.19. The normalized spacial score (nSPS) is 11.0. The molecular weight excluding hydrogens is 339 g/mol. The number of nitrogens with one attached hydrogen (secondary N) is 1. The maximum Gasteiger partial charge on any atom is 0.232 e. The van der Waals surface area contributed by atoms with Gasteiger partial charge < -0.3 is 19.7 Å². The molecule has 0 aliphatic heterocycles. The van der Waals surface area contributed by atoms with Gasteiger partial charge in [0.1, 0.15) is 23.5 Å². The van der Waals surface area contributed by atoms with Crippen LogP contribution >= 0.6 is 0 Å². The van der Waals surface area contributed by atoms with E-state index in [0.717, 1.165) is 17.5 Å². The Labute approximate surface area is 151 Å². The van der Waals surface area contributed by atoms with Crippen LogP contribution in [-0.4, -0.2) is 49.0 Å². The molecule has 0 fully saturated rings. The molecule has 0 aliphatic rings. The average Bonchev–Trinajstić information content (AvgIpc) is 2.65. The van der Waals surface area contributed by atoms with Crippen molar-refractivity contribution in [3.8, 4) is 11.6 Å². The van der Waals surface area contributed by atoms with E-state index in [1.54, 1.807) is 21.2 Å². The molecular formula is C18H21FN4O3. The molecule has 1 N–H and O–H groups in total. The SMILES string of the molecule is COc1ccc(CNc2ncnc(OC)c2C(=O)C(F)=CN(C)C)cc1.